The summed E-state index contributed by atoms with van der Waals surface area (Å²) in [6.45, 7) is 1.71. The lowest BCUT2D eigenvalue weighted by Crippen LogP contribution is -2.39. The normalized spacial score (nSPS) is 30.0. The van der Waals surface area contributed by atoms with Gasteiger partial charge < -0.3 is 14.8 Å². The summed E-state index contributed by atoms with van der Waals surface area (Å²) in [5.41, 5.74) is 3.80. The maximum atomic E-state index is 12.4. The van der Waals surface area contributed by atoms with Gasteiger partial charge in [0.15, 0.2) is 0 Å². The summed E-state index contributed by atoms with van der Waals surface area (Å²) in [6.07, 6.45) is 2.88. The molecule has 134 valence electrons. The number of nitrogens with zero attached hydrogens (tertiary/aromatic N) is 1. The molecule has 0 radical (unpaired) electrons. The largest absolute Gasteiger partial charge is 0.469 e. The maximum Gasteiger partial charge on any atom is 0.311 e. The SMILES string of the molecule is COC(=O)C1C(C(=O)OC)C2CCC1N2Cc1cccc2c1NCC2. The lowest BCUT2D eigenvalue weighted by atomic mass is 9.79. The molecular formula is C19H24N2O4. The van der Waals surface area contributed by atoms with E-state index >= 15 is 0 Å². The Hall–Kier alpha value is -2.08. The van der Waals surface area contributed by atoms with Crippen LogP contribution in [-0.2, 0) is 32.0 Å². The van der Waals surface area contributed by atoms with Crippen molar-refractivity contribution in [2.75, 3.05) is 26.1 Å². The fraction of sp³-hybridized carbons (Fsp3) is 0.579. The van der Waals surface area contributed by atoms with E-state index in [4.69, 9.17) is 9.47 Å². The highest BCUT2D eigenvalue weighted by molar-refractivity contribution is 5.84. The van der Waals surface area contributed by atoms with Crippen LogP contribution in [0, 0.1) is 11.8 Å². The Morgan fingerprint density at radius 2 is 1.76 bits per heavy atom. The fourth-order valence-electron chi connectivity index (χ4n) is 5.02. The fourth-order valence-corrected chi connectivity index (χ4v) is 5.02. The van der Waals surface area contributed by atoms with Gasteiger partial charge in [-0.05, 0) is 30.4 Å². The summed E-state index contributed by atoms with van der Waals surface area (Å²) in [4.78, 5) is 27.0. The predicted molar refractivity (Wildman–Crippen MR) is 92.0 cm³/mol. The Morgan fingerprint density at radius 1 is 1.12 bits per heavy atom. The second kappa shape index (κ2) is 6.33. The van der Waals surface area contributed by atoms with Crippen LogP contribution in [0.3, 0.4) is 0 Å². The number of nitrogens with one attached hydrogen (secondary N) is 1. The summed E-state index contributed by atoms with van der Waals surface area (Å²) >= 11 is 0. The van der Waals surface area contributed by atoms with Gasteiger partial charge in [-0.25, -0.2) is 0 Å². The van der Waals surface area contributed by atoms with Crippen molar-refractivity contribution in [3.05, 3.63) is 29.3 Å². The molecule has 4 unspecified atom stereocenters. The minimum atomic E-state index is -0.430. The van der Waals surface area contributed by atoms with E-state index < -0.39 is 11.8 Å². The van der Waals surface area contributed by atoms with Crippen LogP contribution in [0.2, 0.25) is 0 Å². The van der Waals surface area contributed by atoms with Crippen LogP contribution in [0.15, 0.2) is 18.2 Å². The molecule has 3 aliphatic heterocycles. The molecule has 2 bridgehead atoms. The van der Waals surface area contributed by atoms with Gasteiger partial charge in [-0.2, -0.15) is 0 Å². The lowest BCUT2D eigenvalue weighted by molar-refractivity contribution is -0.157. The second-order valence-electron chi connectivity index (χ2n) is 7.11. The highest BCUT2D eigenvalue weighted by atomic mass is 16.5. The molecule has 3 aliphatic rings. The van der Waals surface area contributed by atoms with Crippen LogP contribution in [0.1, 0.15) is 24.0 Å². The van der Waals surface area contributed by atoms with Gasteiger partial charge >= 0.3 is 11.9 Å². The minimum absolute atomic E-state index is 0.0406. The number of benzene rings is 1. The lowest BCUT2D eigenvalue weighted by Gasteiger charge is -2.24. The smallest absolute Gasteiger partial charge is 0.311 e. The van der Waals surface area contributed by atoms with Crippen LogP contribution in [-0.4, -0.2) is 49.7 Å². The molecule has 6 heteroatoms. The number of para-hydroxylation sites is 1. The number of carbonyl (C=O) groups excluding carboxylic acids is 2. The van der Waals surface area contributed by atoms with Crippen molar-refractivity contribution in [2.45, 2.75) is 37.9 Å². The number of rotatable bonds is 4. The van der Waals surface area contributed by atoms with Gasteiger partial charge in [0.1, 0.15) is 0 Å². The van der Waals surface area contributed by atoms with Crippen molar-refractivity contribution < 1.29 is 19.1 Å². The second-order valence-corrected chi connectivity index (χ2v) is 7.11. The Morgan fingerprint density at radius 3 is 2.36 bits per heavy atom. The van der Waals surface area contributed by atoms with Crippen LogP contribution in [0.4, 0.5) is 5.69 Å². The van der Waals surface area contributed by atoms with E-state index in [-0.39, 0.29) is 24.0 Å². The first-order valence-corrected chi connectivity index (χ1v) is 8.91. The van der Waals surface area contributed by atoms with E-state index in [0.29, 0.717) is 0 Å². The van der Waals surface area contributed by atoms with E-state index in [1.165, 1.54) is 31.0 Å². The summed E-state index contributed by atoms with van der Waals surface area (Å²) in [5.74, 6) is -1.46. The van der Waals surface area contributed by atoms with E-state index in [1.807, 2.05) is 0 Å². The maximum absolute atomic E-state index is 12.4. The van der Waals surface area contributed by atoms with Crippen molar-refractivity contribution in [1.82, 2.24) is 4.90 Å². The zero-order valence-corrected chi connectivity index (χ0v) is 14.7. The number of esters is 2. The van der Waals surface area contributed by atoms with Crippen LogP contribution in [0.5, 0.6) is 0 Å². The molecule has 3 heterocycles. The van der Waals surface area contributed by atoms with Crippen molar-refractivity contribution in [3.8, 4) is 0 Å². The standard InChI is InChI=1S/C19H24N2O4/c1-24-18(22)15-13-6-7-14(16(15)19(23)25-2)21(13)10-12-5-3-4-11-8-9-20-17(11)12/h3-5,13-16,20H,6-10H2,1-2H3. The molecule has 0 saturated carbocycles. The molecule has 1 aromatic rings. The van der Waals surface area contributed by atoms with Gasteiger partial charge in [0.2, 0.25) is 0 Å². The highest BCUT2D eigenvalue weighted by Crippen LogP contribution is 2.48. The minimum Gasteiger partial charge on any atom is -0.469 e. The van der Waals surface area contributed by atoms with Gasteiger partial charge in [0.25, 0.3) is 0 Å². The van der Waals surface area contributed by atoms with Gasteiger partial charge in [0.05, 0.1) is 26.1 Å². The molecule has 4 rings (SSSR count). The molecule has 0 spiro atoms. The summed E-state index contributed by atoms with van der Waals surface area (Å²) in [5, 5.41) is 3.47. The average molecular weight is 344 g/mol. The first-order valence-electron chi connectivity index (χ1n) is 8.91. The topological polar surface area (TPSA) is 67.9 Å². The van der Waals surface area contributed by atoms with Crippen molar-refractivity contribution >= 4 is 17.6 Å². The first-order chi connectivity index (χ1) is 12.2. The predicted octanol–water partition coefficient (Wildman–Crippen LogP) is 1.58. The number of hydrogen-bond acceptors (Lipinski definition) is 6. The van der Waals surface area contributed by atoms with Crippen molar-refractivity contribution in [1.29, 1.82) is 0 Å². The number of fused-ring (bicyclic) bond motifs is 3. The Kier molecular flexibility index (Phi) is 4.15. The van der Waals surface area contributed by atoms with E-state index in [2.05, 4.69) is 28.4 Å². The molecule has 2 saturated heterocycles. The van der Waals surface area contributed by atoms with Crippen molar-refractivity contribution in [2.24, 2.45) is 11.8 Å². The van der Waals surface area contributed by atoms with Gasteiger partial charge in [-0.15, -0.1) is 0 Å². The molecule has 0 amide bonds. The number of anilines is 1. The molecule has 4 atom stereocenters. The molecule has 2 fully saturated rings. The summed E-state index contributed by atoms with van der Waals surface area (Å²) < 4.78 is 10.00. The van der Waals surface area contributed by atoms with Gasteiger partial charge in [0, 0.05) is 30.9 Å². The quantitative estimate of drug-likeness (QED) is 0.837. The Bertz CT molecular complexity index is 675. The molecule has 1 aromatic carbocycles. The van der Waals surface area contributed by atoms with Crippen molar-refractivity contribution in [3.63, 3.8) is 0 Å². The Labute approximate surface area is 147 Å². The third-order valence-corrected chi connectivity index (χ3v) is 6.06. The summed E-state index contributed by atoms with van der Waals surface area (Å²) in [6, 6.07) is 6.47. The van der Waals surface area contributed by atoms with Gasteiger partial charge in [-0.1, -0.05) is 18.2 Å². The van der Waals surface area contributed by atoms with E-state index in [0.717, 1.165) is 32.4 Å². The number of hydrogen-bond donors (Lipinski definition) is 1. The third-order valence-electron chi connectivity index (χ3n) is 6.06. The third kappa shape index (κ3) is 2.51. The summed E-state index contributed by atoms with van der Waals surface area (Å²) in [7, 11) is 2.78. The monoisotopic (exact) mass is 344 g/mol. The van der Waals surface area contributed by atoms with Crippen LogP contribution >= 0.6 is 0 Å². The number of methoxy groups -OCH3 is 2. The average Bonchev–Trinajstić information content (AvgIpc) is 3.34. The molecule has 6 nitrogen and oxygen atoms in total. The number of carbonyl (C=O) groups is 2. The molecule has 25 heavy (non-hydrogen) atoms. The van der Waals surface area contributed by atoms with Crippen LogP contribution < -0.4 is 5.32 Å². The van der Waals surface area contributed by atoms with Crippen LogP contribution in [0.25, 0.3) is 0 Å². The zero-order chi connectivity index (χ0) is 17.6. The molecule has 1 N–H and O–H groups in total. The first kappa shape index (κ1) is 16.4. The highest BCUT2D eigenvalue weighted by Gasteiger charge is 2.59. The number of ether oxygens (including phenoxy) is 2. The molecule has 0 aliphatic carbocycles. The van der Waals surface area contributed by atoms with Gasteiger partial charge in [-0.3, -0.25) is 14.5 Å². The molecule has 0 aromatic heterocycles. The van der Waals surface area contributed by atoms with E-state index in [1.54, 1.807) is 0 Å². The zero-order valence-electron chi connectivity index (χ0n) is 14.7. The Balaban J connectivity index is 1.64. The van der Waals surface area contributed by atoms with E-state index in [9.17, 15) is 9.59 Å². The molecular weight excluding hydrogens is 320 g/mol.